The number of fused-ring (bicyclic) bond motifs is 1. The monoisotopic (exact) mass is 405 g/mol. The molecule has 0 fully saturated rings. The highest BCUT2D eigenvalue weighted by molar-refractivity contribution is 6.42. The lowest BCUT2D eigenvalue weighted by Crippen LogP contribution is -2.33. The van der Waals surface area contributed by atoms with Crippen LogP contribution in [0.3, 0.4) is 0 Å². The van der Waals surface area contributed by atoms with Gasteiger partial charge < -0.3 is 10.1 Å². The van der Waals surface area contributed by atoms with Crippen molar-refractivity contribution in [2.24, 2.45) is 5.92 Å². The van der Waals surface area contributed by atoms with Crippen molar-refractivity contribution in [2.45, 2.75) is 39.2 Å². The van der Waals surface area contributed by atoms with Gasteiger partial charge in [-0.15, -0.1) is 0 Å². The molecule has 0 radical (unpaired) electrons. The average molecular weight is 406 g/mol. The summed E-state index contributed by atoms with van der Waals surface area (Å²) in [5, 5.41) is 3.88. The minimum atomic E-state index is -0.568. The van der Waals surface area contributed by atoms with Crippen LogP contribution in [0, 0.1) is 5.92 Å². The van der Waals surface area contributed by atoms with E-state index in [1.807, 2.05) is 51.1 Å². The van der Waals surface area contributed by atoms with Gasteiger partial charge in [0.05, 0.1) is 22.4 Å². The molecule has 1 aliphatic rings. The molecular weight excluding hydrogens is 385 g/mol. The number of esters is 1. The molecule has 0 aromatic heterocycles. The summed E-state index contributed by atoms with van der Waals surface area (Å²) in [6.45, 7) is 5.43. The Morgan fingerprint density at radius 3 is 2.44 bits per heavy atom. The van der Waals surface area contributed by atoms with Crippen LogP contribution in [-0.2, 0) is 20.7 Å². The van der Waals surface area contributed by atoms with Crippen LogP contribution in [0.15, 0.2) is 36.4 Å². The fourth-order valence-electron chi connectivity index (χ4n) is 3.08. The van der Waals surface area contributed by atoms with E-state index in [1.54, 1.807) is 6.07 Å². The SMILES string of the molecule is CC(C)(C)OC(=O)CC1Cc2cc(-c3ccc(Cl)c(Cl)c3)ccc2NC1=O. The van der Waals surface area contributed by atoms with Gasteiger partial charge in [0.1, 0.15) is 5.60 Å². The van der Waals surface area contributed by atoms with Crippen molar-refractivity contribution < 1.29 is 14.3 Å². The van der Waals surface area contributed by atoms with E-state index in [1.165, 1.54) is 0 Å². The molecule has 3 rings (SSSR count). The fourth-order valence-corrected chi connectivity index (χ4v) is 3.38. The zero-order valence-corrected chi connectivity index (χ0v) is 16.9. The number of anilines is 1. The summed E-state index contributed by atoms with van der Waals surface area (Å²) in [4.78, 5) is 24.5. The number of carbonyl (C=O) groups excluding carboxylic acids is 2. The Hall–Kier alpha value is -2.04. The molecule has 1 amide bonds. The maximum absolute atomic E-state index is 12.3. The first-order valence-electron chi connectivity index (χ1n) is 8.73. The lowest BCUT2D eigenvalue weighted by molar-refractivity contribution is -0.157. The van der Waals surface area contributed by atoms with Gasteiger partial charge in [0, 0.05) is 5.69 Å². The van der Waals surface area contributed by atoms with Gasteiger partial charge in [0.25, 0.3) is 0 Å². The van der Waals surface area contributed by atoms with Crippen molar-refractivity contribution in [3.05, 3.63) is 52.0 Å². The number of amides is 1. The number of benzene rings is 2. The van der Waals surface area contributed by atoms with Crippen molar-refractivity contribution in [3.8, 4) is 11.1 Å². The zero-order chi connectivity index (χ0) is 19.8. The fraction of sp³-hybridized carbons (Fsp3) is 0.333. The maximum Gasteiger partial charge on any atom is 0.307 e. The van der Waals surface area contributed by atoms with Crippen LogP contribution in [0.1, 0.15) is 32.8 Å². The van der Waals surface area contributed by atoms with E-state index >= 15 is 0 Å². The molecule has 0 aliphatic carbocycles. The Morgan fingerprint density at radius 1 is 1.11 bits per heavy atom. The summed E-state index contributed by atoms with van der Waals surface area (Å²) in [5.41, 5.74) is 3.09. The van der Waals surface area contributed by atoms with Crippen molar-refractivity contribution in [3.63, 3.8) is 0 Å². The number of hydrogen-bond donors (Lipinski definition) is 1. The van der Waals surface area contributed by atoms with Crippen molar-refractivity contribution in [1.82, 2.24) is 0 Å². The third-order valence-electron chi connectivity index (χ3n) is 4.29. The summed E-state index contributed by atoms with van der Waals surface area (Å²) >= 11 is 12.1. The largest absolute Gasteiger partial charge is 0.460 e. The number of carbonyl (C=O) groups is 2. The molecule has 1 N–H and O–H groups in total. The molecule has 1 heterocycles. The van der Waals surface area contributed by atoms with E-state index in [4.69, 9.17) is 27.9 Å². The molecule has 2 aromatic rings. The second-order valence-electron chi connectivity index (χ2n) is 7.68. The number of halogens is 2. The normalized spacial score (nSPS) is 16.5. The van der Waals surface area contributed by atoms with Gasteiger partial charge in [0.15, 0.2) is 0 Å². The van der Waals surface area contributed by atoms with Crippen molar-refractivity contribution >= 4 is 40.8 Å². The van der Waals surface area contributed by atoms with Gasteiger partial charge in [-0.3, -0.25) is 9.59 Å². The zero-order valence-electron chi connectivity index (χ0n) is 15.4. The summed E-state index contributed by atoms with van der Waals surface area (Å²) in [5.74, 6) is -0.973. The Morgan fingerprint density at radius 2 is 1.78 bits per heavy atom. The second kappa shape index (κ2) is 7.53. The molecule has 4 nitrogen and oxygen atoms in total. The Bertz CT molecular complexity index is 903. The number of ether oxygens (including phenoxy) is 1. The molecule has 6 heteroatoms. The molecule has 1 aliphatic heterocycles. The van der Waals surface area contributed by atoms with E-state index in [2.05, 4.69) is 5.32 Å². The van der Waals surface area contributed by atoms with Crippen molar-refractivity contribution in [1.29, 1.82) is 0 Å². The molecule has 0 bridgehead atoms. The van der Waals surface area contributed by atoms with Crippen LogP contribution in [0.4, 0.5) is 5.69 Å². The molecule has 0 saturated heterocycles. The average Bonchev–Trinajstić information content (AvgIpc) is 2.56. The maximum atomic E-state index is 12.3. The third kappa shape index (κ3) is 4.82. The van der Waals surface area contributed by atoms with Crippen LogP contribution >= 0.6 is 23.2 Å². The summed E-state index contributed by atoms with van der Waals surface area (Å²) < 4.78 is 5.35. The molecule has 1 atom stereocenters. The summed E-state index contributed by atoms with van der Waals surface area (Å²) in [7, 11) is 0. The lowest BCUT2D eigenvalue weighted by Gasteiger charge is -2.26. The highest BCUT2D eigenvalue weighted by Gasteiger charge is 2.30. The standard InChI is InChI=1S/C21H21Cl2NO3/c1-21(2,3)27-19(25)11-15-9-14-8-12(5-7-18(14)24-20(15)26)13-4-6-16(22)17(23)10-13/h4-8,10,15H,9,11H2,1-3H3,(H,24,26). The first-order chi connectivity index (χ1) is 12.6. The smallest absolute Gasteiger partial charge is 0.307 e. The highest BCUT2D eigenvalue weighted by Crippen LogP contribution is 2.34. The van der Waals surface area contributed by atoms with E-state index in [-0.39, 0.29) is 18.3 Å². The number of nitrogens with one attached hydrogen (secondary N) is 1. The highest BCUT2D eigenvalue weighted by atomic mass is 35.5. The minimum Gasteiger partial charge on any atom is -0.460 e. The first kappa shape index (κ1) is 19.7. The van der Waals surface area contributed by atoms with Gasteiger partial charge in [-0.25, -0.2) is 0 Å². The van der Waals surface area contributed by atoms with E-state index in [9.17, 15) is 9.59 Å². The van der Waals surface area contributed by atoms with Gasteiger partial charge in [0.2, 0.25) is 5.91 Å². The second-order valence-corrected chi connectivity index (χ2v) is 8.50. The van der Waals surface area contributed by atoms with E-state index in [0.29, 0.717) is 16.5 Å². The quantitative estimate of drug-likeness (QED) is 0.685. The molecular formula is C21H21Cl2NO3. The summed E-state index contributed by atoms with van der Waals surface area (Å²) in [6, 6.07) is 11.3. The van der Waals surface area contributed by atoms with Crippen molar-refractivity contribution in [2.75, 3.05) is 5.32 Å². The topological polar surface area (TPSA) is 55.4 Å². The molecule has 2 aromatic carbocycles. The number of rotatable bonds is 3. The first-order valence-corrected chi connectivity index (χ1v) is 9.49. The Kier molecular flexibility index (Phi) is 5.50. The van der Waals surface area contributed by atoms with Gasteiger partial charge >= 0.3 is 5.97 Å². The minimum absolute atomic E-state index is 0.0551. The van der Waals surface area contributed by atoms with E-state index in [0.717, 1.165) is 22.4 Å². The number of hydrogen-bond acceptors (Lipinski definition) is 3. The van der Waals surface area contributed by atoms with E-state index < -0.39 is 11.5 Å². The molecule has 1 unspecified atom stereocenters. The predicted octanol–water partition coefficient (Wildman–Crippen LogP) is 5.50. The summed E-state index contributed by atoms with van der Waals surface area (Å²) in [6.07, 6.45) is 0.537. The predicted molar refractivity (Wildman–Crippen MR) is 108 cm³/mol. The third-order valence-corrected chi connectivity index (χ3v) is 5.03. The van der Waals surface area contributed by atoms with Gasteiger partial charge in [-0.2, -0.15) is 0 Å². The van der Waals surface area contributed by atoms with Gasteiger partial charge in [-0.1, -0.05) is 35.3 Å². The lowest BCUT2D eigenvalue weighted by atomic mass is 9.89. The Balaban J connectivity index is 1.81. The van der Waals surface area contributed by atoms with Crippen LogP contribution in [0.5, 0.6) is 0 Å². The molecule has 0 spiro atoms. The van der Waals surface area contributed by atoms with Crippen LogP contribution in [-0.4, -0.2) is 17.5 Å². The van der Waals surface area contributed by atoms with Crippen LogP contribution < -0.4 is 5.32 Å². The van der Waals surface area contributed by atoms with Crippen LogP contribution in [0.2, 0.25) is 10.0 Å². The Labute approximate surface area is 168 Å². The van der Waals surface area contributed by atoms with Gasteiger partial charge in [-0.05, 0) is 68.1 Å². The molecule has 0 saturated carbocycles. The molecule has 27 heavy (non-hydrogen) atoms. The molecule has 142 valence electrons. The van der Waals surface area contributed by atoms with Crippen LogP contribution in [0.25, 0.3) is 11.1 Å².